The normalized spacial score (nSPS) is 13.1. The van der Waals surface area contributed by atoms with Crippen LogP contribution in [-0.4, -0.2) is 48.2 Å². The molecule has 3 N–H and O–H groups in total. The van der Waals surface area contributed by atoms with E-state index < -0.39 is 17.4 Å². The van der Waals surface area contributed by atoms with Crippen LogP contribution in [0.4, 0.5) is 5.69 Å². The number of amides is 2. The molecule has 6 nitrogen and oxygen atoms in total. The second kappa shape index (κ2) is 7.90. The van der Waals surface area contributed by atoms with E-state index in [1.54, 1.807) is 31.2 Å². The number of carbonyl (C=O) groups is 2. The molecule has 116 valence electrons. The summed E-state index contributed by atoms with van der Waals surface area (Å²) < 4.78 is 5.08. The molecule has 0 aromatic heterocycles. The van der Waals surface area contributed by atoms with Crippen LogP contribution in [0.2, 0.25) is 0 Å². The molecule has 0 radical (unpaired) electrons. The Bertz CT molecular complexity index is 506. The molecular weight excluding hydrogens is 292 g/mol. The number of nitrogens with one attached hydrogen (secondary N) is 2. The predicted octanol–water partition coefficient (Wildman–Crippen LogP) is 0.864. The molecule has 2 amide bonds. The van der Waals surface area contributed by atoms with Crippen molar-refractivity contribution in [1.82, 2.24) is 5.32 Å². The number of rotatable bonds is 6. The van der Waals surface area contributed by atoms with Gasteiger partial charge in [0.05, 0.1) is 18.4 Å². The zero-order valence-electron chi connectivity index (χ0n) is 12.3. The summed E-state index contributed by atoms with van der Waals surface area (Å²) in [4.78, 5) is 23.5. The lowest BCUT2D eigenvalue weighted by molar-refractivity contribution is -0.136. The summed E-state index contributed by atoms with van der Waals surface area (Å²) in [6.45, 7) is 1.61. The number of carbonyl (C=O) groups excluding carboxylic acids is 2. The molecule has 0 aliphatic heterocycles. The first-order valence-corrected chi connectivity index (χ1v) is 7.72. The van der Waals surface area contributed by atoms with Crippen LogP contribution in [0.25, 0.3) is 0 Å². The van der Waals surface area contributed by atoms with Crippen molar-refractivity contribution in [3.8, 4) is 5.75 Å². The molecule has 0 spiro atoms. The van der Waals surface area contributed by atoms with Crippen molar-refractivity contribution in [1.29, 1.82) is 0 Å². The van der Waals surface area contributed by atoms with E-state index in [0.717, 1.165) is 0 Å². The van der Waals surface area contributed by atoms with Gasteiger partial charge in [-0.05, 0) is 25.3 Å². The monoisotopic (exact) mass is 312 g/mol. The molecule has 1 unspecified atom stereocenters. The minimum absolute atomic E-state index is 0.00597. The summed E-state index contributed by atoms with van der Waals surface area (Å²) in [6, 6.07) is 6.79. The summed E-state index contributed by atoms with van der Waals surface area (Å²) in [5, 5.41) is 14.8. The molecule has 0 saturated carbocycles. The Hall–Kier alpha value is -1.73. The largest absolute Gasteiger partial charge is 0.495 e. The molecule has 1 rings (SSSR count). The standard InChI is InChI=1S/C14H20N2O4S/c1-14(19,9-21-3)8-15-12(17)13(18)16-10-6-4-5-7-11(10)20-2/h4-7,19H,8-9H2,1-3H3,(H,15,17)(H,16,18). The van der Waals surface area contributed by atoms with Crippen LogP contribution in [0.1, 0.15) is 6.92 Å². The van der Waals surface area contributed by atoms with Crippen LogP contribution in [0.3, 0.4) is 0 Å². The van der Waals surface area contributed by atoms with E-state index in [9.17, 15) is 14.7 Å². The fourth-order valence-corrected chi connectivity index (χ4v) is 2.36. The van der Waals surface area contributed by atoms with E-state index in [2.05, 4.69) is 10.6 Å². The quantitative estimate of drug-likeness (QED) is 0.678. The summed E-state index contributed by atoms with van der Waals surface area (Å²) in [5.41, 5.74) is -0.643. The van der Waals surface area contributed by atoms with Crippen LogP contribution in [0, 0.1) is 0 Å². The van der Waals surface area contributed by atoms with E-state index in [-0.39, 0.29) is 6.54 Å². The number of thioether (sulfide) groups is 1. The summed E-state index contributed by atoms with van der Waals surface area (Å²) >= 11 is 1.46. The van der Waals surface area contributed by atoms with E-state index in [1.807, 2.05) is 6.26 Å². The third-order valence-electron chi connectivity index (χ3n) is 2.65. The van der Waals surface area contributed by atoms with Crippen LogP contribution < -0.4 is 15.4 Å². The van der Waals surface area contributed by atoms with Crippen molar-refractivity contribution in [2.75, 3.05) is 31.0 Å². The Morgan fingerprint density at radius 3 is 2.62 bits per heavy atom. The lowest BCUT2D eigenvalue weighted by Gasteiger charge is -2.22. The lowest BCUT2D eigenvalue weighted by atomic mass is 10.1. The number of ether oxygens (including phenoxy) is 1. The van der Waals surface area contributed by atoms with Crippen molar-refractivity contribution in [3.05, 3.63) is 24.3 Å². The first-order chi connectivity index (χ1) is 9.89. The fourth-order valence-electron chi connectivity index (χ4n) is 1.64. The topological polar surface area (TPSA) is 87.7 Å². The van der Waals surface area contributed by atoms with Gasteiger partial charge in [-0.15, -0.1) is 0 Å². The van der Waals surface area contributed by atoms with Gasteiger partial charge in [0.25, 0.3) is 0 Å². The molecule has 1 atom stereocenters. The summed E-state index contributed by atoms with van der Waals surface area (Å²) in [5.74, 6) is -0.684. The number of hydrogen-bond acceptors (Lipinski definition) is 5. The highest BCUT2D eigenvalue weighted by molar-refractivity contribution is 7.98. The van der Waals surface area contributed by atoms with Crippen molar-refractivity contribution in [2.24, 2.45) is 0 Å². The maximum absolute atomic E-state index is 11.8. The maximum atomic E-state index is 11.8. The number of methoxy groups -OCH3 is 1. The second-order valence-corrected chi connectivity index (χ2v) is 5.63. The van der Waals surface area contributed by atoms with E-state index >= 15 is 0 Å². The number of hydrogen-bond donors (Lipinski definition) is 3. The summed E-state index contributed by atoms with van der Waals surface area (Å²) in [6.07, 6.45) is 1.85. The van der Waals surface area contributed by atoms with Crippen molar-refractivity contribution >= 4 is 29.3 Å². The van der Waals surface area contributed by atoms with Gasteiger partial charge in [-0.2, -0.15) is 11.8 Å². The van der Waals surface area contributed by atoms with Gasteiger partial charge < -0.3 is 20.5 Å². The number of para-hydroxylation sites is 2. The maximum Gasteiger partial charge on any atom is 0.313 e. The molecule has 0 saturated heterocycles. The second-order valence-electron chi connectivity index (χ2n) is 4.77. The Labute approximate surface area is 128 Å². The first-order valence-electron chi connectivity index (χ1n) is 6.33. The zero-order valence-corrected chi connectivity index (χ0v) is 13.1. The van der Waals surface area contributed by atoms with Gasteiger partial charge in [0.1, 0.15) is 5.75 Å². The SMILES string of the molecule is COc1ccccc1NC(=O)C(=O)NCC(C)(O)CSC. The van der Waals surface area contributed by atoms with Gasteiger partial charge >= 0.3 is 11.8 Å². The minimum atomic E-state index is -1.06. The fraction of sp³-hybridized carbons (Fsp3) is 0.429. The molecule has 1 aromatic carbocycles. The Kier molecular flexibility index (Phi) is 6.51. The minimum Gasteiger partial charge on any atom is -0.495 e. The van der Waals surface area contributed by atoms with Gasteiger partial charge in [0.2, 0.25) is 0 Å². The van der Waals surface area contributed by atoms with Crippen LogP contribution in [0.5, 0.6) is 5.75 Å². The van der Waals surface area contributed by atoms with Crippen LogP contribution >= 0.6 is 11.8 Å². The first kappa shape index (κ1) is 17.3. The smallest absolute Gasteiger partial charge is 0.313 e. The third kappa shape index (κ3) is 5.65. The molecule has 21 heavy (non-hydrogen) atoms. The van der Waals surface area contributed by atoms with Gasteiger partial charge in [-0.25, -0.2) is 0 Å². The van der Waals surface area contributed by atoms with Crippen molar-refractivity contribution in [3.63, 3.8) is 0 Å². The van der Waals surface area contributed by atoms with Crippen LogP contribution in [-0.2, 0) is 9.59 Å². The highest BCUT2D eigenvalue weighted by Gasteiger charge is 2.23. The highest BCUT2D eigenvalue weighted by atomic mass is 32.2. The molecule has 0 aliphatic carbocycles. The van der Waals surface area contributed by atoms with Gasteiger partial charge in [-0.1, -0.05) is 12.1 Å². The molecule has 1 aromatic rings. The molecular formula is C14H20N2O4S. The average Bonchev–Trinajstić information content (AvgIpc) is 2.45. The van der Waals surface area contributed by atoms with E-state index in [0.29, 0.717) is 17.2 Å². The number of benzene rings is 1. The Morgan fingerprint density at radius 2 is 2.00 bits per heavy atom. The van der Waals surface area contributed by atoms with Crippen molar-refractivity contribution < 1.29 is 19.4 Å². The molecule has 0 fully saturated rings. The number of anilines is 1. The van der Waals surface area contributed by atoms with E-state index in [4.69, 9.17) is 4.74 Å². The molecule has 0 bridgehead atoms. The molecule has 7 heteroatoms. The lowest BCUT2D eigenvalue weighted by Crippen LogP contribution is -2.45. The van der Waals surface area contributed by atoms with Gasteiger partial charge in [0.15, 0.2) is 0 Å². The number of aliphatic hydroxyl groups is 1. The molecule has 0 heterocycles. The van der Waals surface area contributed by atoms with Gasteiger partial charge in [-0.3, -0.25) is 9.59 Å². The van der Waals surface area contributed by atoms with Crippen molar-refractivity contribution in [2.45, 2.75) is 12.5 Å². The van der Waals surface area contributed by atoms with E-state index in [1.165, 1.54) is 18.9 Å². The van der Waals surface area contributed by atoms with Crippen LogP contribution in [0.15, 0.2) is 24.3 Å². The van der Waals surface area contributed by atoms with Gasteiger partial charge in [0, 0.05) is 12.3 Å². The average molecular weight is 312 g/mol. The zero-order chi connectivity index (χ0) is 15.9. The predicted molar refractivity (Wildman–Crippen MR) is 83.6 cm³/mol. The Balaban J connectivity index is 2.57. The summed E-state index contributed by atoms with van der Waals surface area (Å²) in [7, 11) is 1.48. The molecule has 0 aliphatic rings. The highest BCUT2D eigenvalue weighted by Crippen LogP contribution is 2.22. The Morgan fingerprint density at radius 1 is 1.33 bits per heavy atom. The third-order valence-corrected chi connectivity index (χ3v) is 3.56.